The largest absolute Gasteiger partial charge is 0.493 e. The van der Waals surface area contributed by atoms with Gasteiger partial charge in [0.1, 0.15) is 5.56 Å². The minimum atomic E-state index is -0.0727. The first-order chi connectivity index (χ1) is 7.70. The van der Waals surface area contributed by atoms with Gasteiger partial charge in [-0.3, -0.25) is 9.48 Å². The molecule has 0 fully saturated rings. The summed E-state index contributed by atoms with van der Waals surface area (Å²) in [6.07, 6.45) is 0.922. The Hall–Kier alpha value is -1.49. The summed E-state index contributed by atoms with van der Waals surface area (Å²) in [5.74, 6) is 0.115. The number of aromatic nitrogens is 2. The van der Waals surface area contributed by atoms with E-state index in [0.29, 0.717) is 12.1 Å². The van der Waals surface area contributed by atoms with Crippen molar-refractivity contribution in [3.05, 3.63) is 26.7 Å². The third-order valence-corrected chi connectivity index (χ3v) is 3.92. The fraction of sp³-hybridized carbons (Fsp3) is 0.364. The van der Waals surface area contributed by atoms with Crippen LogP contribution in [0.3, 0.4) is 0 Å². The zero-order valence-electron chi connectivity index (χ0n) is 8.93. The number of hydrogen-bond donors (Lipinski definition) is 1. The number of nitrogens with zero attached hydrogens (tertiary/aromatic N) is 2. The number of thiophene rings is 1. The molecular formula is C11H12N2O2S. The van der Waals surface area contributed by atoms with E-state index in [1.165, 1.54) is 0 Å². The maximum atomic E-state index is 12.1. The highest BCUT2D eigenvalue weighted by atomic mass is 32.1. The molecule has 0 spiro atoms. The number of aryl methyl sites for hydroxylation is 1. The molecule has 0 atom stereocenters. The SMILES string of the molecule is Cc1sccc1-c1c(O)n2n(c1=O)CCC2. The van der Waals surface area contributed by atoms with Crippen LogP contribution in [0.15, 0.2) is 16.2 Å². The summed E-state index contributed by atoms with van der Waals surface area (Å²) in [5.41, 5.74) is 1.25. The van der Waals surface area contributed by atoms with Gasteiger partial charge < -0.3 is 5.11 Å². The van der Waals surface area contributed by atoms with Crippen LogP contribution in [-0.4, -0.2) is 14.5 Å². The quantitative estimate of drug-likeness (QED) is 0.820. The van der Waals surface area contributed by atoms with Crippen molar-refractivity contribution < 1.29 is 5.11 Å². The van der Waals surface area contributed by atoms with E-state index in [1.807, 2.05) is 18.4 Å². The molecule has 1 aliphatic rings. The molecule has 4 nitrogen and oxygen atoms in total. The van der Waals surface area contributed by atoms with Crippen molar-refractivity contribution in [1.82, 2.24) is 9.36 Å². The van der Waals surface area contributed by atoms with Crippen LogP contribution in [0.1, 0.15) is 11.3 Å². The average molecular weight is 236 g/mol. The number of aromatic hydroxyl groups is 1. The summed E-state index contributed by atoms with van der Waals surface area (Å²) in [6, 6.07) is 1.90. The molecule has 0 aromatic carbocycles. The van der Waals surface area contributed by atoms with Crippen molar-refractivity contribution in [3.63, 3.8) is 0 Å². The van der Waals surface area contributed by atoms with Gasteiger partial charge in [-0.2, -0.15) is 0 Å². The van der Waals surface area contributed by atoms with Gasteiger partial charge in [0, 0.05) is 23.5 Å². The van der Waals surface area contributed by atoms with E-state index in [-0.39, 0.29) is 11.4 Å². The molecule has 3 heterocycles. The zero-order valence-corrected chi connectivity index (χ0v) is 9.75. The van der Waals surface area contributed by atoms with Crippen LogP contribution < -0.4 is 5.56 Å². The summed E-state index contributed by atoms with van der Waals surface area (Å²) in [4.78, 5) is 13.2. The van der Waals surface area contributed by atoms with Crippen molar-refractivity contribution >= 4 is 11.3 Å². The molecule has 2 aromatic heterocycles. The van der Waals surface area contributed by atoms with Gasteiger partial charge >= 0.3 is 0 Å². The van der Waals surface area contributed by atoms with Crippen LogP contribution in [0, 0.1) is 6.92 Å². The van der Waals surface area contributed by atoms with Crippen LogP contribution >= 0.6 is 11.3 Å². The predicted octanol–water partition coefficient (Wildman–Crippen LogP) is 1.80. The van der Waals surface area contributed by atoms with Gasteiger partial charge in [-0.25, -0.2) is 4.68 Å². The first kappa shape index (κ1) is 9.72. The summed E-state index contributed by atoms with van der Waals surface area (Å²) in [5, 5.41) is 12.0. The Bertz CT molecular complexity index is 606. The fourth-order valence-corrected chi connectivity index (χ4v) is 2.98. The Morgan fingerprint density at radius 1 is 1.38 bits per heavy atom. The molecule has 84 valence electrons. The fourth-order valence-electron chi connectivity index (χ4n) is 2.28. The lowest BCUT2D eigenvalue weighted by Crippen LogP contribution is -2.17. The standard InChI is InChI=1S/C11H12N2O2S/c1-7-8(3-6-16-7)9-10(14)12-4-2-5-13(12)11(9)15/h3,6,14H,2,4-5H2,1H3. The Balaban J connectivity index is 2.31. The molecule has 1 aliphatic heterocycles. The predicted molar refractivity (Wildman–Crippen MR) is 63.0 cm³/mol. The summed E-state index contributed by atoms with van der Waals surface area (Å²) in [6.45, 7) is 3.40. The first-order valence-corrected chi connectivity index (χ1v) is 6.15. The summed E-state index contributed by atoms with van der Waals surface area (Å²) >= 11 is 1.59. The Kier molecular flexibility index (Phi) is 1.97. The molecule has 0 unspecified atom stereocenters. The lowest BCUT2D eigenvalue weighted by atomic mass is 10.1. The molecule has 2 aromatic rings. The summed E-state index contributed by atoms with van der Waals surface area (Å²) < 4.78 is 3.30. The molecule has 3 rings (SSSR count). The van der Waals surface area contributed by atoms with Crippen LogP contribution in [0.5, 0.6) is 5.88 Å². The van der Waals surface area contributed by atoms with E-state index in [4.69, 9.17) is 0 Å². The smallest absolute Gasteiger partial charge is 0.278 e. The van der Waals surface area contributed by atoms with Crippen molar-refractivity contribution in [1.29, 1.82) is 0 Å². The topological polar surface area (TPSA) is 47.2 Å². The van der Waals surface area contributed by atoms with Crippen LogP contribution in [-0.2, 0) is 13.1 Å². The van der Waals surface area contributed by atoms with Gasteiger partial charge in [-0.1, -0.05) is 0 Å². The molecule has 16 heavy (non-hydrogen) atoms. The Morgan fingerprint density at radius 3 is 2.75 bits per heavy atom. The molecule has 0 aliphatic carbocycles. The lowest BCUT2D eigenvalue weighted by molar-refractivity contribution is 0.399. The second kappa shape index (κ2) is 3.25. The molecule has 5 heteroatoms. The molecule has 0 amide bonds. The average Bonchev–Trinajstić information content (AvgIpc) is 2.90. The van der Waals surface area contributed by atoms with Crippen molar-refractivity contribution in [2.45, 2.75) is 26.4 Å². The molecule has 0 saturated carbocycles. The number of rotatable bonds is 1. The molecule has 0 saturated heterocycles. The maximum absolute atomic E-state index is 12.1. The minimum absolute atomic E-state index is 0.0727. The van der Waals surface area contributed by atoms with E-state index in [1.54, 1.807) is 20.7 Å². The monoisotopic (exact) mass is 236 g/mol. The normalized spacial score (nSPS) is 14.3. The van der Waals surface area contributed by atoms with E-state index >= 15 is 0 Å². The zero-order chi connectivity index (χ0) is 11.3. The van der Waals surface area contributed by atoms with Crippen LogP contribution in [0.25, 0.3) is 11.1 Å². The molecule has 1 N–H and O–H groups in total. The van der Waals surface area contributed by atoms with E-state index in [9.17, 15) is 9.90 Å². The molecule has 0 radical (unpaired) electrons. The number of hydrogen-bond acceptors (Lipinski definition) is 3. The van der Waals surface area contributed by atoms with Crippen molar-refractivity contribution in [3.8, 4) is 17.0 Å². The van der Waals surface area contributed by atoms with Gasteiger partial charge in [-0.05, 0) is 24.8 Å². The third-order valence-electron chi connectivity index (χ3n) is 3.08. The highest BCUT2D eigenvalue weighted by Crippen LogP contribution is 2.33. The van der Waals surface area contributed by atoms with E-state index in [0.717, 1.165) is 23.4 Å². The molecular weight excluding hydrogens is 224 g/mol. The van der Waals surface area contributed by atoms with Crippen molar-refractivity contribution in [2.24, 2.45) is 0 Å². The second-order valence-electron chi connectivity index (χ2n) is 3.99. The highest BCUT2D eigenvalue weighted by Gasteiger charge is 2.24. The Morgan fingerprint density at radius 2 is 2.12 bits per heavy atom. The van der Waals surface area contributed by atoms with E-state index < -0.39 is 0 Å². The van der Waals surface area contributed by atoms with Crippen LogP contribution in [0.4, 0.5) is 0 Å². The second-order valence-corrected chi connectivity index (χ2v) is 5.11. The third kappa shape index (κ3) is 1.12. The van der Waals surface area contributed by atoms with Crippen molar-refractivity contribution in [2.75, 3.05) is 0 Å². The maximum Gasteiger partial charge on any atom is 0.278 e. The van der Waals surface area contributed by atoms with Gasteiger partial charge in [0.15, 0.2) is 0 Å². The number of fused-ring (bicyclic) bond motifs is 1. The first-order valence-electron chi connectivity index (χ1n) is 5.27. The highest BCUT2D eigenvalue weighted by molar-refractivity contribution is 7.10. The van der Waals surface area contributed by atoms with Gasteiger partial charge in [0.05, 0.1) is 0 Å². The van der Waals surface area contributed by atoms with Gasteiger partial charge in [0.2, 0.25) is 5.88 Å². The van der Waals surface area contributed by atoms with Crippen LogP contribution in [0.2, 0.25) is 0 Å². The summed E-state index contributed by atoms with van der Waals surface area (Å²) in [7, 11) is 0. The minimum Gasteiger partial charge on any atom is -0.493 e. The lowest BCUT2D eigenvalue weighted by Gasteiger charge is -1.99. The Labute approximate surface area is 96.4 Å². The van der Waals surface area contributed by atoms with E-state index in [2.05, 4.69) is 0 Å². The van der Waals surface area contributed by atoms with Gasteiger partial charge in [-0.15, -0.1) is 11.3 Å². The van der Waals surface area contributed by atoms with Gasteiger partial charge in [0.25, 0.3) is 5.56 Å². The molecule has 0 bridgehead atoms.